The van der Waals surface area contributed by atoms with Gasteiger partial charge in [0.2, 0.25) is 0 Å². The van der Waals surface area contributed by atoms with E-state index in [1.54, 1.807) is 0 Å². The molecule has 0 N–H and O–H groups in total. The van der Waals surface area contributed by atoms with Crippen LogP contribution in [0.5, 0.6) is 0 Å². The lowest BCUT2D eigenvalue weighted by Crippen LogP contribution is -2.72. The van der Waals surface area contributed by atoms with E-state index in [4.69, 9.17) is 0 Å². The van der Waals surface area contributed by atoms with Crippen molar-refractivity contribution < 1.29 is 19.2 Å². The molecule has 144 valence electrons. The molecule has 4 aliphatic rings. The van der Waals surface area contributed by atoms with Gasteiger partial charge in [0.1, 0.15) is 5.66 Å². The Bertz CT molecular complexity index is 628. The molecule has 0 bridgehead atoms. The van der Waals surface area contributed by atoms with Crippen LogP contribution in [0.4, 0.5) is 0 Å². The number of imide groups is 2. The van der Waals surface area contributed by atoms with E-state index >= 15 is 0 Å². The molecule has 4 rings (SSSR count). The van der Waals surface area contributed by atoms with Crippen molar-refractivity contribution in [1.82, 2.24) is 9.80 Å². The van der Waals surface area contributed by atoms with Crippen molar-refractivity contribution in [3.63, 3.8) is 0 Å². The summed E-state index contributed by atoms with van der Waals surface area (Å²) in [5.74, 6) is -1.72. The molecule has 0 spiro atoms. The van der Waals surface area contributed by atoms with Gasteiger partial charge in [-0.15, -0.1) is 0 Å². The SMILES string of the molecule is O=C1C=CC(=O)N1C(C1CCCCC1)(C1CCCCC1)N1C(=O)C=CC1=O. The molecule has 2 fully saturated rings. The third-order valence-electron chi connectivity index (χ3n) is 6.75. The summed E-state index contributed by atoms with van der Waals surface area (Å²) in [6, 6.07) is 0. The molecular formula is C21H26N2O4. The van der Waals surface area contributed by atoms with Crippen LogP contribution in [-0.4, -0.2) is 39.1 Å². The maximum Gasteiger partial charge on any atom is 0.255 e. The molecular weight excluding hydrogens is 344 g/mol. The highest BCUT2D eigenvalue weighted by Crippen LogP contribution is 2.50. The van der Waals surface area contributed by atoms with E-state index in [9.17, 15) is 19.2 Å². The Morgan fingerprint density at radius 2 is 0.852 bits per heavy atom. The van der Waals surface area contributed by atoms with E-state index in [2.05, 4.69) is 0 Å². The lowest BCUT2D eigenvalue weighted by Gasteiger charge is -2.56. The first-order chi connectivity index (χ1) is 13.1. The lowest BCUT2D eigenvalue weighted by molar-refractivity contribution is -0.183. The van der Waals surface area contributed by atoms with Crippen molar-refractivity contribution in [2.24, 2.45) is 11.8 Å². The van der Waals surface area contributed by atoms with Gasteiger partial charge in [0.25, 0.3) is 23.6 Å². The normalized spacial score (nSPS) is 25.3. The predicted molar refractivity (Wildman–Crippen MR) is 97.9 cm³/mol. The summed E-state index contributed by atoms with van der Waals surface area (Å²) in [5, 5.41) is 0. The Balaban J connectivity index is 1.89. The van der Waals surface area contributed by atoms with E-state index in [0.717, 1.165) is 64.2 Å². The largest absolute Gasteiger partial charge is 0.269 e. The van der Waals surface area contributed by atoms with Gasteiger partial charge >= 0.3 is 0 Å². The topological polar surface area (TPSA) is 74.8 Å². The van der Waals surface area contributed by atoms with Gasteiger partial charge in [-0.1, -0.05) is 38.5 Å². The van der Waals surface area contributed by atoms with E-state index in [-0.39, 0.29) is 11.8 Å². The Morgan fingerprint density at radius 3 is 1.15 bits per heavy atom. The first-order valence-electron chi connectivity index (χ1n) is 10.2. The van der Waals surface area contributed by atoms with Crippen LogP contribution in [0, 0.1) is 11.8 Å². The number of hydrogen-bond acceptors (Lipinski definition) is 4. The molecule has 4 amide bonds. The summed E-state index contributed by atoms with van der Waals surface area (Å²) in [6.07, 6.45) is 14.6. The van der Waals surface area contributed by atoms with Gasteiger partial charge in [-0.05, 0) is 25.7 Å². The van der Waals surface area contributed by atoms with Crippen LogP contribution in [0.1, 0.15) is 64.2 Å². The Hall–Kier alpha value is -2.24. The van der Waals surface area contributed by atoms with Crippen LogP contribution in [0.2, 0.25) is 0 Å². The predicted octanol–water partition coefficient (Wildman–Crippen LogP) is 2.69. The van der Waals surface area contributed by atoms with Crippen LogP contribution < -0.4 is 0 Å². The average Bonchev–Trinajstić information content (AvgIpc) is 3.21. The van der Waals surface area contributed by atoms with Gasteiger partial charge in [0.15, 0.2) is 0 Å². The highest BCUT2D eigenvalue weighted by atomic mass is 16.2. The Labute approximate surface area is 159 Å². The van der Waals surface area contributed by atoms with Crippen molar-refractivity contribution >= 4 is 23.6 Å². The zero-order chi connectivity index (χ0) is 19.0. The van der Waals surface area contributed by atoms with Crippen LogP contribution in [0.25, 0.3) is 0 Å². The maximum absolute atomic E-state index is 12.8. The summed E-state index contributed by atoms with van der Waals surface area (Å²) in [5.41, 5.74) is -1.17. The van der Waals surface area contributed by atoms with Crippen molar-refractivity contribution in [2.75, 3.05) is 0 Å². The number of carbonyl (C=O) groups excluding carboxylic acids is 4. The second-order valence-corrected chi connectivity index (χ2v) is 8.14. The first-order valence-corrected chi connectivity index (χ1v) is 10.2. The molecule has 0 radical (unpaired) electrons. The molecule has 2 aliphatic carbocycles. The molecule has 0 aromatic heterocycles. The molecule has 6 heteroatoms. The zero-order valence-corrected chi connectivity index (χ0v) is 15.6. The number of nitrogens with zero attached hydrogens (tertiary/aromatic N) is 2. The minimum atomic E-state index is -1.17. The fourth-order valence-electron chi connectivity index (χ4n) is 5.73. The molecule has 0 atom stereocenters. The van der Waals surface area contributed by atoms with Gasteiger partial charge in [-0.3, -0.25) is 29.0 Å². The number of carbonyl (C=O) groups is 4. The van der Waals surface area contributed by atoms with E-state index in [1.165, 1.54) is 34.1 Å². The molecule has 6 nitrogen and oxygen atoms in total. The van der Waals surface area contributed by atoms with Crippen LogP contribution >= 0.6 is 0 Å². The lowest BCUT2D eigenvalue weighted by atomic mass is 9.67. The summed E-state index contributed by atoms with van der Waals surface area (Å²) >= 11 is 0. The summed E-state index contributed by atoms with van der Waals surface area (Å²) < 4.78 is 0. The fraction of sp³-hybridized carbons (Fsp3) is 0.619. The second kappa shape index (κ2) is 7.06. The molecule has 2 aliphatic heterocycles. The summed E-state index contributed by atoms with van der Waals surface area (Å²) in [7, 11) is 0. The summed E-state index contributed by atoms with van der Waals surface area (Å²) in [4.78, 5) is 53.9. The van der Waals surface area contributed by atoms with Crippen LogP contribution in [-0.2, 0) is 19.2 Å². The Kier molecular flexibility index (Phi) is 4.74. The van der Waals surface area contributed by atoms with Crippen molar-refractivity contribution in [3.8, 4) is 0 Å². The van der Waals surface area contributed by atoms with Crippen LogP contribution in [0.3, 0.4) is 0 Å². The highest BCUT2D eigenvalue weighted by Gasteiger charge is 2.61. The minimum absolute atomic E-state index is 0.0602. The molecule has 0 unspecified atom stereocenters. The van der Waals surface area contributed by atoms with Gasteiger partial charge in [0.05, 0.1) is 0 Å². The molecule has 0 aromatic rings. The molecule has 2 heterocycles. The number of rotatable bonds is 4. The molecule has 0 aromatic carbocycles. The van der Waals surface area contributed by atoms with E-state index in [0.29, 0.717) is 0 Å². The quantitative estimate of drug-likeness (QED) is 0.713. The van der Waals surface area contributed by atoms with Crippen molar-refractivity contribution in [2.45, 2.75) is 69.9 Å². The van der Waals surface area contributed by atoms with Gasteiger partial charge in [-0.2, -0.15) is 0 Å². The molecule has 0 saturated heterocycles. The third-order valence-corrected chi connectivity index (χ3v) is 6.75. The van der Waals surface area contributed by atoms with Gasteiger partial charge in [-0.25, -0.2) is 0 Å². The Morgan fingerprint density at radius 1 is 0.556 bits per heavy atom. The van der Waals surface area contributed by atoms with Crippen LogP contribution in [0.15, 0.2) is 24.3 Å². The second-order valence-electron chi connectivity index (χ2n) is 8.14. The van der Waals surface area contributed by atoms with Gasteiger partial charge < -0.3 is 0 Å². The zero-order valence-electron chi connectivity index (χ0n) is 15.6. The molecule has 27 heavy (non-hydrogen) atoms. The van der Waals surface area contributed by atoms with Gasteiger partial charge in [0, 0.05) is 36.1 Å². The summed E-state index contributed by atoms with van der Waals surface area (Å²) in [6.45, 7) is 0. The smallest absolute Gasteiger partial charge is 0.255 e. The monoisotopic (exact) mass is 370 g/mol. The highest BCUT2D eigenvalue weighted by molar-refractivity contribution is 6.17. The maximum atomic E-state index is 12.8. The van der Waals surface area contributed by atoms with Crippen molar-refractivity contribution in [1.29, 1.82) is 0 Å². The minimum Gasteiger partial charge on any atom is -0.269 e. The van der Waals surface area contributed by atoms with Crippen molar-refractivity contribution in [3.05, 3.63) is 24.3 Å². The standard InChI is InChI=1S/C21H26N2O4/c24-17-11-12-18(25)22(17)21(15-7-3-1-4-8-15,16-9-5-2-6-10-16)23-19(26)13-14-20(23)27/h11-16H,1-10H2. The number of amides is 4. The number of hydrogen-bond donors (Lipinski definition) is 0. The average molecular weight is 370 g/mol. The molecule has 2 saturated carbocycles. The third kappa shape index (κ3) is 2.77. The van der Waals surface area contributed by atoms with E-state index in [1.807, 2.05) is 0 Å². The fourth-order valence-corrected chi connectivity index (χ4v) is 5.73. The first kappa shape index (κ1) is 18.1. The van der Waals surface area contributed by atoms with E-state index < -0.39 is 29.3 Å².